The van der Waals surface area contributed by atoms with Crippen LogP contribution in [0.5, 0.6) is 11.8 Å². The molecule has 1 aromatic carbocycles. The van der Waals surface area contributed by atoms with Gasteiger partial charge in [-0.15, -0.1) is 0 Å². The molecule has 0 amide bonds. The first-order valence-electron chi connectivity index (χ1n) is 7.31. The van der Waals surface area contributed by atoms with Crippen LogP contribution in [0.1, 0.15) is 41.9 Å². The Hall–Kier alpha value is -2.37. The molecule has 2 aromatic rings. The van der Waals surface area contributed by atoms with Gasteiger partial charge in [0, 0.05) is 23.0 Å². The van der Waals surface area contributed by atoms with Crippen LogP contribution in [0.15, 0.2) is 35.9 Å². The maximum absolute atomic E-state index is 12.7. The Bertz CT molecular complexity index is 831. The van der Waals surface area contributed by atoms with Gasteiger partial charge in [0.05, 0.1) is 11.3 Å². The third-order valence-corrected chi connectivity index (χ3v) is 4.87. The summed E-state index contributed by atoms with van der Waals surface area (Å²) in [5.74, 6) is -0.0288. The van der Waals surface area contributed by atoms with E-state index in [0.717, 1.165) is 24.1 Å². The van der Waals surface area contributed by atoms with Crippen molar-refractivity contribution in [1.82, 2.24) is 4.57 Å². The Morgan fingerprint density at radius 3 is 2.26 bits per heavy atom. The lowest BCUT2D eigenvalue weighted by Crippen LogP contribution is -2.05. The first-order chi connectivity index (χ1) is 10.8. The van der Waals surface area contributed by atoms with Crippen LogP contribution in [0.3, 0.4) is 0 Å². The predicted octanol–water partition coefficient (Wildman–Crippen LogP) is 4.44. The Balaban J connectivity index is 1.82. The minimum Gasteiger partial charge on any atom is -0.494 e. The number of nitrogens with zero attached hydrogens (tertiary/aromatic N) is 1. The van der Waals surface area contributed by atoms with E-state index in [-0.39, 0.29) is 23.6 Å². The Labute approximate surface area is 130 Å². The van der Waals surface area contributed by atoms with Gasteiger partial charge in [-0.05, 0) is 37.6 Å². The second-order valence-electron chi connectivity index (χ2n) is 6.16. The van der Waals surface area contributed by atoms with Crippen molar-refractivity contribution in [2.24, 2.45) is 0 Å². The molecular formula is C17H14F3NO2. The predicted molar refractivity (Wildman–Crippen MR) is 78.0 cm³/mol. The van der Waals surface area contributed by atoms with Gasteiger partial charge in [-0.25, -0.2) is 0 Å². The van der Waals surface area contributed by atoms with Crippen molar-refractivity contribution < 1.29 is 23.4 Å². The van der Waals surface area contributed by atoms with Crippen molar-refractivity contribution in [2.45, 2.75) is 31.4 Å². The Morgan fingerprint density at radius 1 is 1.04 bits per heavy atom. The molecule has 2 bridgehead atoms. The zero-order valence-electron chi connectivity index (χ0n) is 12.2. The minimum atomic E-state index is -4.42. The molecule has 1 aromatic heterocycles. The second-order valence-corrected chi connectivity index (χ2v) is 6.16. The molecule has 120 valence electrons. The summed E-state index contributed by atoms with van der Waals surface area (Å²) in [5.41, 5.74) is 2.09. The number of allylic oxidation sites excluding steroid dienone is 2. The summed E-state index contributed by atoms with van der Waals surface area (Å²) in [5, 5.41) is 21.0. The van der Waals surface area contributed by atoms with E-state index in [1.54, 1.807) is 0 Å². The fourth-order valence-electron chi connectivity index (χ4n) is 3.82. The number of alkyl halides is 3. The van der Waals surface area contributed by atoms with Crippen LogP contribution in [0.25, 0.3) is 5.69 Å². The van der Waals surface area contributed by atoms with Gasteiger partial charge in [-0.3, -0.25) is 4.57 Å². The van der Waals surface area contributed by atoms with Gasteiger partial charge in [0.2, 0.25) is 11.8 Å². The van der Waals surface area contributed by atoms with Gasteiger partial charge in [0.25, 0.3) is 0 Å². The average Bonchev–Trinajstić information content (AvgIpc) is 3.10. The van der Waals surface area contributed by atoms with Crippen LogP contribution < -0.4 is 0 Å². The van der Waals surface area contributed by atoms with Crippen molar-refractivity contribution in [2.75, 3.05) is 0 Å². The van der Waals surface area contributed by atoms with E-state index in [0.29, 0.717) is 16.8 Å². The number of benzene rings is 1. The molecule has 0 saturated carbocycles. The summed E-state index contributed by atoms with van der Waals surface area (Å²) in [6, 6.07) is 4.38. The highest BCUT2D eigenvalue weighted by molar-refractivity contribution is 5.63. The molecule has 2 aliphatic carbocycles. The lowest BCUT2D eigenvalue weighted by atomic mass is 9.95. The number of aromatic nitrogens is 1. The lowest BCUT2D eigenvalue weighted by molar-refractivity contribution is -0.137. The van der Waals surface area contributed by atoms with E-state index < -0.39 is 11.7 Å². The van der Waals surface area contributed by atoms with Gasteiger partial charge < -0.3 is 10.2 Å². The number of fused-ring (bicyclic) bond motifs is 5. The summed E-state index contributed by atoms with van der Waals surface area (Å²) in [6.07, 6.45) is -1.50. The van der Waals surface area contributed by atoms with Crippen molar-refractivity contribution in [1.29, 1.82) is 0 Å². The van der Waals surface area contributed by atoms with Gasteiger partial charge in [0.15, 0.2) is 0 Å². The molecule has 23 heavy (non-hydrogen) atoms. The maximum atomic E-state index is 12.7. The molecule has 0 aliphatic heterocycles. The second kappa shape index (κ2) is 4.34. The Kier molecular flexibility index (Phi) is 2.69. The minimum absolute atomic E-state index is 0.0663. The van der Waals surface area contributed by atoms with Gasteiger partial charge in [-0.1, -0.05) is 11.6 Å². The smallest absolute Gasteiger partial charge is 0.416 e. The Morgan fingerprint density at radius 2 is 1.65 bits per heavy atom. The number of halogens is 3. The summed E-state index contributed by atoms with van der Waals surface area (Å²) in [6.45, 7) is 1.99. The lowest BCUT2D eigenvalue weighted by Gasteiger charge is -2.12. The van der Waals surface area contributed by atoms with Gasteiger partial charge in [-0.2, -0.15) is 13.2 Å². The number of rotatable bonds is 1. The average molecular weight is 321 g/mol. The molecular weight excluding hydrogens is 307 g/mol. The van der Waals surface area contributed by atoms with Crippen molar-refractivity contribution in [3.05, 3.63) is 52.6 Å². The summed E-state index contributed by atoms with van der Waals surface area (Å²) >= 11 is 0. The molecule has 2 N–H and O–H groups in total. The van der Waals surface area contributed by atoms with Crippen molar-refractivity contribution in [3.63, 3.8) is 0 Å². The molecule has 4 rings (SSSR count). The number of hydrogen-bond donors (Lipinski definition) is 2. The zero-order valence-corrected chi connectivity index (χ0v) is 12.2. The first kappa shape index (κ1) is 14.2. The zero-order chi connectivity index (χ0) is 16.5. The largest absolute Gasteiger partial charge is 0.494 e. The molecule has 2 aliphatic rings. The molecule has 0 fully saturated rings. The highest BCUT2D eigenvalue weighted by atomic mass is 19.4. The highest BCUT2D eigenvalue weighted by Gasteiger charge is 2.43. The molecule has 0 spiro atoms. The molecule has 0 radical (unpaired) electrons. The van der Waals surface area contributed by atoms with Crippen LogP contribution in [0.2, 0.25) is 0 Å². The van der Waals surface area contributed by atoms with E-state index >= 15 is 0 Å². The van der Waals surface area contributed by atoms with E-state index in [4.69, 9.17) is 0 Å². The highest BCUT2D eigenvalue weighted by Crippen LogP contribution is 2.59. The van der Waals surface area contributed by atoms with Crippen LogP contribution >= 0.6 is 0 Å². The molecule has 2 unspecified atom stereocenters. The van der Waals surface area contributed by atoms with Gasteiger partial charge in [0.1, 0.15) is 0 Å². The summed E-state index contributed by atoms with van der Waals surface area (Å²) in [4.78, 5) is 0. The standard InChI is InChI=1S/C17H14F3NO2/c1-8-6-9-7-12(8)14-13(9)15(22)21(16(14)23)11-4-2-10(3-5-11)17(18,19)20/h2-6,9,12,22-23H,7H2,1H3. The molecule has 6 heteroatoms. The van der Waals surface area contributed by atoms with Gasteiger partial charge >= 0.3 is 6.18 Å². The number of aromatic hydroxyl groups is 2. The van der Waals surface area contributed by atoms with E-state index in [9.17, 15) is 23.4 Å². The fraction of sp³-hybridized carbons (Fsp3) is 0.294. The van der Waals surface area contributed by atoms with E-state index in [1.807, 2.05) is 6.92 Å². The third kappa shape index (κ3) is 1.84. The van der Waals surface area contributed by atoms with Crippen LogP contribution in [0, 0.1) is 0 Å². The summed E-state index contributed by atoms with van der Waals surface area (Å²) < 4.78 is 39.2. The van der Waals surface area contributed by atoms with E-state index in [1.165, 1.54) is 16.7 Å². The van der Waals surface area contributed by atoms with Crippen LogP contribution in [-0.4, -0.2) is 14.8 Å². The third-order valence-electron chi connectivity index (χ3n) is 4.87. The van der Waals surface area contributed by atoms with Crippen molar-refractivity contribution in [3.8, 4) is 17.4 Å². The molecule has 3 nitrogen and oxygen atoms in total. The quantitative estimate of drug-likeness (QED) is 0.763. The fourth-order valence-corrected chi connectivity index (χ4v) is 3.82. The normalized spacial score (nSPS) is 22.3. The molecule has 1 heterocycles. The summed E-state index contributed by atoms with van der Waals surface area (Å²) in [7, 11) is 0. The van der Waals surface area contributed by atoms with Crippen LogP contribution in [-0.2, 0) is 6.18 Å². The van der Waals surface area contributed by atoms with E-state index in [2.05, 4.69) is 6.08 Å². The van der Waals surface area contributed by atoms with Crippen molar-refractivity contribution >= 4 is 0 Å². The topological polar surface area (TPSA) is 45.4 Å². The maximum Gasteiger partial charge on any atom is 0.416 e. The molecule has 2 atom stereocenters. The van der Waals surface area contributed by atoms with Crippen LogP contribution in [0.4, 0.5) is 13.2 Å². The molecule has 0 saturated heterocycles. The first-order valence-corrected chi connectivity index (χ1v) is 7.31. The number of hydrogen-bond acceptors (Lipinski definition) is 2. The monoisotopic (exact) mass is 321 g/mol. The SMILES string of the molecule is CC1=CC2CC1c1c2c(O)n(-c2ccc(C(F)(F)F)cc2)c1O.